The number of hydrogen-bond donors (Lipinski definition) is 0. The lowest BCUT2D eigenvalue weighted by atomic mass is 9.61. The van der Waals surface area contributed by atoms with E-state index >= 15 is 0 Å². The number of nitrogens with zero attached hydrogens (tertiary/aromatic N) is 6. The standard InChI is InChI=1S/C59H40N6/c1-59(2)49-25-15-14-22-41(49)42-29-26-40(34-50(42)59)58-64-55(37-20-10-5-11-21-37)63-57(65-58)39-28-31-46-48(33-39)52-44-24-13-12-23-43(44)51(46)47-32-38(27-30-45(47)52)56-61-53(35-16-6-3-7-17-35)60-54(62-56)36-18-8-4-9-19-36/h3-34,51-52H,1-2H3. The van der Waals surface area contributed by atoms with Crippen LogP contribution in [0.2, 0.25) is 0 Å². The highest BCUT2D eigenvalue weighted by Gasteiger charge is 2.42. The minimum absolute atomic E-state index is 0.0313. The maximum Gasteiger partial charge on any atom is 0.164 e. The SMILES string of the molecule is CC1(C)c2ccccc2-c2ccc(-c3nc(-c4ccccc4)nc(-c4ccc5c(c4)C4c6ccccc6C5c5cc(-c6nc(-c7ccccc7)nc(-c7ccccc7)n6)ccc54)n3)cc21. The molecule has 4 aliphatic carbocycles. The van der Waals surface area contributed by atoms with Crippen LogP contribution in [-0.4, -0.2) is 29.9 Å². The highest BCUT2D eigenvalue weighted by atomic mass is 15.0. The van der Waals surface area contributed by atoms with Gasteiger partial charge in [0.05, 0.1) is 0 Å². The Morgan fingerprint density at radius 2 is 0.615 bits per heavy atom. The fourth-order valence-corrected chi connectivity index (χ4v) is 10.6. The van der Waals surface area contributed by atoms with Crippen LogP contribution in [0.3, 0.4) is 0 Å². The van der Waals surface area contributed by atoms with E-state index in [0.717, 1.165) is 33.4 Å². The average molecular weight is 833 g/mol. The molecule has 0 saturated heterocycles. The van der Waals surface area contributed by atoms with Crippen molar-refractivity contribution in [2.45, 2.75) is 31.1 Å². The van der Waals surface area contributed by atoms with Gasteiger partial charge in [-0.15, -0.1) is 0 Å². The van der Waals surface area contributed by atoms with Crippen molar-refractivity contribution < 1.29 is 0 Å². The molecular formula is C59H40N6. The molecule has 0 N–H and O–H groups in total. The first-order chi connectivity index (χ1) is 32.0. The van der Waals surface area contributed by atoms with E-state index in [1.54, 1.807) is 0 Å². The predicted octanol–water partition coefficient (Wildman–Crippen LogP) is 13.4. The van der Waals surface area contributed by atoms with Gasteiger partial charge in [0.2, 0.25) is 0 Å². The molecule has 10 aromatic rings. The van der Waals surface area contributed by atoms with Crippen LogP contribution in [0.25, 0.3) is 79.5 Å². The summed E-state index contributed by atoms with van der Waals surface area (Å²) in [4.78, 5) is 30.8. The molecule has 0 aliphatic heterocycles. The van der Waals surface area contributed by atoms with Crippen LogP contribution in [0, 0.1) is 0 Å². The van der Waals surface area contributed by atoms with Gasteiger partial charge in [-0.05, 0) is 73.8 Å². The van der Waals surface area contributed by atoms with Crippen LogP contribution in [0.4, 0.5) is 0 Å². The van der Waals surface area contributed by atoms with Gasteiger partial charge >= 0.3 is 0 Å². The topological polar surface area (TPSA) is 77.3 Å². The average Bonchev–Trinajstić information content (AvgIpc) is 3.61. The Bertz CT molecular complexity index is 3470. The van der Waals surface area contributed by atoms with Gasteiger partial charge < -0.3 is 0 Å². The van der Waals surface area contributed by atoms with Crippen LogP contribution < -0.4 is 0 Å². The Kier molecular flexibility index (Phi) is 8.28. The van der Waals surface area contributed by atoms with Crippen molar-refractivity contribution in [2.24, 2.45) is 0 Å². The summed E-state index contributed by atoms with van der Waals surface area (Å²) in [6.07, 6.45) is 0. The molecular weight excluding hydrogens is 793 g/mol. The fourth-order valence-electron chi connectivity index (χ4n) is 10.6. The normalized spacial score (nSPS) is 15.7. The maximum absolute atomic E-state index is 5.28. The van der Waals surface area contributed by atoms with Gasteiger partial charge in [-0.1, -0.05) is 190 Å². The van der Waals surface area contributed by atoms with Crippen LogP contribution >= 0.6 is 0 Å². The first-order valence-electron chi connectivity index (χ1n) is 22.3. The monoisotopic (exact) mass is 832 g/mol. The maximum atomic E-state index is 5.28. The molecule has 2 atom stereocenters. The molecule has 6 heteroatoms. The lowest BCUT2D eigenvalue weighted by Crippen LogP contribution is -2.27. The van der Waals surface area contributed by atoms with Crippen molar-refractivity contribution in [1.29, 1.82) is 0 Å². The van der Waals surface area contributed by atoms with Crippen molar-refractivity contribution in [3.63, 3.8) is 0 Å². The van der Waals surface area contributed by atoms with Crippen LogP contribution in [0.5, 0.6) is 0 Å². The Morgan fingerprint density at radius 3 is 1.08 bits per heavy atom. The fraction of sp³-hybridized carbons (Fsp3) is 0.0847. The van der Waals surface area contributed by atoms with Crippen molar-refractivity contribution in [3.8, 4) is 79.5 Å². The van der Waals surface area contributed by atoms with Crippen molar-refractivity contribution in [3.05, 3.63) is 239 Å². The third kappa shape index (κ3) is 5.94. The first kappa shape index (κ1) is 37.3. The predicted molar refractivity (Wildman–Crippen MR) is 258 cm³/mol. The molecule has 4 aliphatic rings. The molecule has 2 aromatic heterocycles. The van der Waals surface area contributed by atoms with E-state index in [0.29, 0.717) is 34.9 Å². The molecule has 0 radical (unpaired) electrons. The van der Waals surface area contributed by atoms with Gasteiger partial charge in [0, 0.05) is 50.6 Å². The molecule has 0 fully saturated rings. The van der Waals surface area contributed by atoms with E-state index in [1.165, 1.54) is 55.6 Å². The smallest absolute Gasteiger partial charge is 0.164 e. The molecule has 2 heterocycles. The molecule has 65 heavy (non-hydrogen) atoms. The van der Waals surface area contributed by atoms with Gasteiger partial charge in [0.15, 0.2) is 34.9 Å². The third-order valence-electron chi connectivity index (χ3n) is 13.8. The second kappa shape index (κ2) is 14.4. The summed E-state index contributed by atoms with van der Waals surface area (Å²) in [5.74, 6) is 4.00. The summed E-state index contributed by atoms with van der Waals surface area (Å²) >= 11 is 0. The third-order valence-corrected chi connectivity index (χ3v) is 13.8. The number of aromatic nitrogens is 6. The Hall–Kier alpha value is -8.22. The summed E-state index contributed by atoms with van der Waals surface area (Å²) in [6, 6.07) is 68.6. The zero-order chi connectivity index (χ0) is 43.2. The van der Waals surface area contributed by atoms with E-state index in [9.17, 15) is 0 Å². The van der Waals surface area contributed by atoms with Crippen molar-refractivity contribution in [2.75, 3.05) is 0 Å². The molecule has 6 nitrogen and oxygen atoms in total. The molecule has 2 bridgehead atoms. The lowest BCUT2D eigenvalue weighted by Gasteiger charge is -2.42. The molecule has 306 valence electrons. The van der Waals surface area contributed by atoms with Crippen LogP contribution in [0.15, 0.2) is 194 Å². The number of hydrogen-bond acceptors (Lipinski definition) is 6. The molecule has 0 spiro atoms. The van der Waals surface area contributed by atoms with E-state index < -0.39 is 0 Å². The Balaban J connectivity index is 0.933. The van der Waals surface area contributed by atoms with Crippen LogP contribution in [0.1, 0.15) is 70.2 Å². The minimum Gasteiger partial charge on any atom is -0.208 e. The van der Waals surface area contributed by atoms with Gasteiger partial charge in [0.1, 0.15) is 0 Å². The van der Waals surface area contributed by atoms with Crippen molar-refractivity contribution >= 4 is 0 Å². The quantitative estimate of drug-likeness (QED) is 0.166. The summed E-state index contributed by atoms with van der Waals surface area (Å²) in [5, 5.41) is 0. The Morgan fingerprint density at radius 1 is 0.277 bits per heavy atom. The second-order valence-corrected chi connectivity index (χ2v) is 17.8. The molecule has 0 amide bonds. The number of benzene rings is 8. The summed E-state index contributed by atoms with van der Waals surface area (Å²) in [6.45, 7) is 4.62. The van der Waals surface area contributed by atoms with Crippen LogP contribution in [-0.2, 0) is 5.41 Å². The summed E-state index contributed by atoms with van der Waals surface area (Å²) in [7, 11) is 0. The molecule has 8 aromatic carbocycles. The summed E-state index contributed by atoms with van der Waals surface area (Å²) in [5.41, 5.74) is 18.6. The number of rotatable bonds is 6. The molecule has 0 saturated carbocycles. The van der Waals surface area contributed by atoms with E-state index in [2.05, 4.69) is 153 Å². The van der Waals surface area contributed by atoms with Gasteiger partial charge in [-0.25, -0.2) is 29.9 Å². The highest BCUT2D eigenvalue weighted by Crippen LogP contribution is 2.57. The van der Waals surface area contributed by atoms with E-state index in [4.69, 9.17) is 29.9 Å². The lowest BCUT2D eigenvalue weighted by molar-refractivity contribution is 0.660. The van der Waals surface area contributed by atoms with E-state index in [-0.39, 0.29) is 17.3 Å². The second-order valence-electron chi connectivity index (χ2n) is 17.8. The minimum atomic E-state index is -0.146. The Labute approximate surface area is 377 Å². The zero-order valence-electron chi connectivity index (χ0n) is 35.8. The van der Waals surface area contributed by atoms with E-state index in [1.807, 2.05) is 54.6 Å². The van der Waals surface area contributed by atoms with Crippen molar-refractivity contribution in [1.82, 2.24) is 29.9 Å². The molecule has 14 rings (SSSR count). The van der Waals surface area contributed by atoms with Gasteiger partial charge in [0.25, 0.3) is 0 Å². The summed E-state index contributed by atoms with van der Waals surface area (Å²) < 4.78 is 0. The number of fused-ring (bicyclic) bond motifs is 3. The van der Waals surface area contributed by atoms with Gasteiger partial charge in [-0.3, -0.25) is 0 Å². The first-order valence-corrected chi connectivity index (χ1v) is 22.3. The van der Waals surface area contributed by atoms with Gasteiger partial charge in [-0.2, -0.15) is 0 Å². The highest BCUT2D eigenvalue weighted by molar-refractivity contribution is 5.83. The largest absolute Gasteiger partial charge is 0.208 e. The zero-order valence-corrected chi connectivity index (χ0v) is 35.8. The molecule has 2 unspecified atom stereocenters.